The van der Waals surface area contributed by atoms with E-state index < -0.39 is 0 Å². The van der Waals surface area contributed by atoms with Crippen LogP contribution >= 0.6 is 0 Å². The van der Waals surface area contributed by atoms with Gasteiger partial charge in [0.05, 0.1) is 5.69 Å². The number of anilines is 1. The van der Waals surface area contributed by atoms with Gasteiger partial charge in [-0.1, -0.05) is 20.8 Å². The van der Waals surface area contributed by atoms with Crippen LogP contribution in [0.25, 0.3) is 22.4 Å². The molecule has 3 aromatic rings. The van der Waals surface area contributed by atoms with Crippen molar-refractivity contribution in [1.29, 1.82) is 0 Å². The predicted molar refractivity (Wildman–Crippen MR) is 120 cm³/mol. The van der Waals surface area contributed by atoms with Crippen LogP contribution in [0.2, 0.25) is 0 Å². The molecule has 1 aliphatic heterocycles. The Bertz CT molecular complexity index is 1010. The molecule has 4 heterocycles. The van der Waals surface area contributed by atoms with E-state index in [1.54, 1.807) is 12.3 Å². The quantitative estimate of drug-likeness (QED) is 0.636. The minimum absolute atomic E-state index is 0. The zero-order valence-corrected chi connectivity index (χ0v) is 17.3. The molecule has 3 aromatic heterocycles. The number of nitrogens with one attached hydrogen (secondary N) is 1. The third-order valence-corrected chi connectivity index (χ3v) is 6.50. The standard InChI is InChI=1S/C22H29FN6.3H2/c1-4-22(2,3)20(24)14-7-6-12-29(13-14)17-10-9-16(23)19(26-17)18-15-8-5-11-25-21(15)28-27-18;;;/h5,8-11,14,20H,4,6-7,12-13,24H2,1-3H3,(H,25,27,28);3*1H. The van der Waals surface area contributed by atoms with Gasteiger partial charge >= 0.3 is 0 Å². The maximum atomic E-state index is 14.7. The van der Waals surface area contributed by atoms with Gasteiger partial charge in [-0.05, 0) is 54.9 Å². The highest BCUT2D eigenvalue weighted by Gasteiger charge is 2.34. The van der Waals surface area contributed by atoms with Crippen molar-refractivity contribution >= 4 is 16.9 Å². The first kappa shape index (κ1) is 19.8. The summed E-state index contributed by atoms with van der Waals surface area (Å²) in [5.41, 5.74) is 8.13. The average molecular weight is 403 g/mol. The van der Waals surface area contributed by atoms with Crippen LogP contribution in [0, 0.1) is 17.2 Å². The van der Waals surface area contributed by atoms with Crippen molar-refractivity contribution in [3.05, 3.63) is 36.3 Å². The molecular weight excluding hydrogens is 367 g/mol. The van der Waals surface area contributed by atoms with Crippen molar-refractivity contribution in [3.63, 3.8) is 0 Å². The lowest BCUT2D eigenvalue weighted by atomic mass is 9.73. The second-order valence-corrected chi connectivity index (χ2v) is 8.69. The van der Waals surface area contributed by atoms with Gasteiger partial charge < -0.3 is 10.6 Å². The van der Waals surface area contributed by atoms with E-state index in [1.165, 1.54) is 6.07 Å². The van der Waals surface area contributed by atoms with E-state index in [9.17, 15) is 4.39 Å². The van der Waals surface area contributed by atoms with Crippen LogP contribution < -0.4 is 10.6 Å². The molecule has 0 spiro atoms. The number of piperidine rings is 1. The average Bonchev–Trinajstić information content (AvgIpc) is 3.17. The lowest BCUT2D eigenvalue weighted by Crippen LogP contribution is -2.50. The summed E-state index contributed by atoms with van der Waals surface area (Å²) in [5.74, 6) is 0.797. The first-order valence-electron chi connectivity index (χ1n) is 10.4. The van der Waals surface area contributed by atoms with Crippen molar-refractivity contribution < 1.29 is 8.67 Å². The molecule has 0 amide bonds. The van der Waals surface area contributed by atoms with E-state index in [1.807, 2.05) is 12.1 Å². The molecule has 0 bridgehead atoms. The van der Waals surface area contributed by atoms with Gasteiger partial charge in [0.25, 0.3) is 0 Å². The Morgan fingerprint density at radius 3 is 3.00 bits per heavy atom. The first-order chi connectivity index (χ1) is 13.9. The van der Waals surface area contributed by atoms with Gasteiger partial charge in [0, 0.05) is 35.0 Å². The van der Waals surface area contributed by atoms with E-state index in [0.29, 0.717) is 17.3 Å². The molecule has 4 rings (SSSR count). The fraction of sp³-hybridized carbons (Fsp3) is 0.500. The van der Waals surface area contributed by atoms with Crippen molar-refractivity contribution in [2.75, 3.05) is 18.0 Å². The Labute approximate surface area is 175 Å². The zero-order valence-electron chi connectivity index (χ0n) is 17.3. The highest BCUT2D eigenvalue weighted by atomic mass is 19.1. The highest BCUT2D eigenvalue weighted by molar-refractivity contribution is 5.89. The number of aromatic amines is 1. The van der Waals surface area contributed by atoms with Crippen LogP contribution in [-0.2, 0) is 0 Å². The molecule has 1 saturated heterocycles. The molecule has 1 fully saturated rings. The Morgan fingerprint density at radius 2 is 2.21 bits per heavy atom. The summed E-state index contributed by atoms with van der Waals surface area (Å²) in [6, 6.07) is 7.06. The molecule has 0 aromatic carbocycles. The van der Waals surface area contributed by atoms with Crippen LogP contribution in [0.5, 0.6) is 0 Å². The number of nitrogens with zero attached hydrogens (tertiary/aromatic N) is 4. The Balaban J connectivity index is 0.00000171. The summed E-state index contributed by atoms with van der Waals surface area (Å²) >= 11 is 0. The summed E-state index contributed by atoms with van der Waals surface area (Å²) < 4.78 is 14.7. The molecular formula is C22H35FN6. The highest BCUT2D eigenvalue weighted by Crippen LogP contribution is 2.34. The number of nitrogens with two attached hydrogens (primary N) is 1. The zero-order chi connectivity index (χ0) is 20.6. The van der Waals surface area contributed by atoms with Gasteiger partial charge in [-0.25, -0.2) is 14.4 Å². The van der Waals surface area contributed by atoms with Gasteiger partial charge in [0.2, 0.25) is 0 Å². The fourth-order valence-electron chi connectivity index (χ4n) is 4.20. The lowest BCUT2D eigenvalue weighted by molar-refractivity contribution is 0.188. The molecule has 29 heavy (non-hydrogen) atoms. The van der Waals surface area contributed by atoms with Crippen LogP contribution in [0.15, 0.2) is 30.5 Å². The molecule has 6 nitrogen and oxygen atoms in total. The predicted octanol–water partition coefficient (Wildman–Crippen LogP) is 4.88. The van der Waals surface area contributed by atoms with Crippen LogP contribution in [-0.4, -0.2) is 39.3 Å². The van der Waals surface area contributed by atoms with Gasteiger partial charge in [0.15, 0.2) is 11.5 Å². The SMILES string of the molecule is CCC(C)(C)C(N)C1CCCN(c2ccc(F)c(-c3[nH]nc4ncccc34)n2)C1.[HH].[HH].[HH]. The molecule has 0 aliphatic carbocycles. The molecule has 160 valence electrons. The first-order valence-corrected chi connectivity index (χ1v) is 10.4. The van der Waals surface area contributed by atoms with E-state index >= 15 is 0 Å². The van der Waals surface area contributed by atoms with Crippen LogP contribution in [0.1, 0.15) is 44.3 Å². The summed E-state index contributed by atoms with van der Waals surface area (Å²) in [6.45, 7) is 8.41. The van der Waals surface area contributed by atoms with Crippen LogP contribution in [0.3, 0.4) is 0 Å². The Hall–Kier alpha value is -2.54. The Morgan fingerprint density at radius 1 is 1.38 bits per heavy atom. The molecule has 2 unspecified atom stereocenters. The fourth-order valence-corrected chi connectivity index (χ4v) is 4.20. The molecule has 0 saturated carbocycles. The monoisotopic (exact) mass is 402 g/mol. The number of pyridine rings is 2. The van der Waals surface area contributed by atoms with Gasteiger partial charge in [0.1, 0.15) is 11.5 Å². The lowest BCUT2D eigenvalue weighted by Gasteiger charge is -2.42. The van der Waals surface area contributed by atoms with E-state index in [0.717, 1.165) is 43.6 Å². The maximum absolute atomic E-state index is 14.7. The summed E-state index contributed by atoms with van der Waals surface area (Å²) in [5, 5.41) is 7.84. The van der Waals surface area contributed by atoms with Crippen molar-refractivity contribution in [2.45, 2.75) is 46.1 Å². The van der Waals surface area contributed by atoms with Gasteiger partial charge in [-0.3, -0.25) is 5.10 Å². The second-order valence-electron chi connectivity index (χ2n) is 8.69. The minimum Gasteiger partial charge on any atom is -0.356 e. The smallest absolute Gasteiger partial charge is 0.181 e. The number of aromatic nitrogens is 4. The second kappa shape index (κ2) is 7.71. The molecule has 0 radical (unpaired) electrons. The molecule has 1 aliphatic rings. The third kappa shape index (κ3) is 3.71. The number of rotatable bonds is 5. The number of halogens is 1. The molecule has 7 heteroatoms. The maximum Gasteiger partial charge on any atom is 0.181 e. The van der Waals surface area contributed by atoms with E-state index in [2.05, 4.69) is 45.8 Å². The number of hydrogen-bond acceptors (Lipinski definition) is 5. The minimum atomic E-state index is -0.375. The Kier molecular flexibility index (Phi) is 5.25. The van der Waals surface area contributed by atoms with Gasteiger partial charge in [-0.2, -0.15) is 5.10 Å². The van der Waals surface area contributed by atoms with Crippen molar-refractivity contribution in [1.82, 2.24) is 20.2 Å². The molecule has 3 N–H and O–H groups in total. The summed E-state index contributed by atoms with van der Waals surface area (Å²) in [4.78, 5) is 11.1. The summed E-state index contributed by atoms with van der Waals surface area (Å²) in [6.07, 6.45) is 4.89. The number of fused-ring (bicyclic) bond motifs is 1. The number of H-pyrrole nitrogens is 1. The third-order valence-electron chi connectivity index (χ3n) is 6.50. The van der Waals surface area contributed by atoms with E-state index in [-0.39, 0.29) is 27.2 Å². The summed E-state index contributed by atoms with van der Waals surface area (Å²) in [7, 11) is 0. The number of hydrogen-bond donors (Lipinski definition) is 2. The molecule has 2 atom stereocenters. The van der Waals surface area contributed by atoms with E-state index in [4.69, 9.17) is 5.73 Å². The largest absolute Gasteiger partial charge is 0.356 e. The van der Waals surface area contributed by atoms with Crippen LogP contribution in [0.4, 0.5) is 10.2 Å². The topological polar surface area (TPSA) is 83.7 Å². The van der Waals surface area contributed by atoms with Crippen molar-refractivity contribution in [2.24, 2.45) is 17.1 Å². The van der Waals surface area contributed by atoms with Gasteiger partial charge in [-0.15, -0.1) is 0 Å². The normalized spacial score (nSPS) is 18.9. The van der Waals surface area contributed by atoms with Crippen molar-refractivity contribution in [3.8, 4) is 11.4 Å².